The molecular weight excluding hydrogens is 235 g/mol. The van der Waals surface area contributed by atoms with Crippen LogP contribution in [0.15, 0.2) is 29.6 Å². The molecular formula is C11H8F3NS. The maximum Gasteiger partial charge on any atom is 0.417 e. The van der Waals surface area contributed by atoms with E-state index in [0.29, 0.717) is 5.69 Å². The Labute approximate surface area is 94.6 Å². The normalized spacial score (nSPS) is 11.8. The molecule has 0 amide bonds. The van der Waals surface area contributed by atoms with Gasteiger partial charge in [-0.05, 0) is 13.0 Å². The Hall–Kier alpha value is -1.36. The Kier molecular flexibility index (Phi) is 2.71. The molecule has 0 spiro atoms. The van der Waals surface area contributed by atoms with Gasteiger partial charge in [-0.15, -0.1) is 11.3 Å². The monoisotopic (exact) mass is 243 g/mol. The summed E-state index contributed by atoms with van der Waals surface area (Å²) in [5, 5.41) is 2.40. The lowest BCUT2D eigenvalue weighted by molar-refractivity contribution is -0.137. The number of thiazole rings is 1. The van der Waals surface area contributed by atoms with Crippen LogP contribution in [-0.4, -0.2) is 4.98 Å². The van der Waals surface area contributed by atoms with Gasteiger partial charge in [0.05, 0.1) is 16.3 Å². The molecule has 0 aliphatic carbocycles. The Morgan fingerprint density at radius 3 is 2.44 bits per heavy atom. The third kappa shape index (κ3) is 2.09. The van der Waals surface area contributed by atoms with Crippen LogP contribution < -0.4 is 0 Å². The molecule has 0 N–H and O–H groups in total. The van der Waals surface area contributed by atoms with Crippen LogP contribution in [0, 0.1) is 6.92 Å². The average molecular weight is 243 g/mol. The lowest BCUT2D eigenvalue weighted by Crippen LogP contribution is -2.06. The van der Waals surface area contributed by atoms with Gasteiger partial charge in [-0.2, -0.15) is 13.2 Å². The largest absolute Gasteiger partial charge is 0.417 e. The highest BCUT2D eigenvalue weighted by molar-refractivity contribution is 7.09. The quantitative estimate of drug-likeness (QED) is 0.733. The molecule has 5 heteroatoms. The summed E-state index contributed by atoms with van der Waals surface area (Å²) in [6, 6.07) is 5.48. The smallest absolute Gasteiger partial charge is 0.242 e. The molecule has 1 nitrogen and oxygen atoms in total. The van der Waals surface area contributed by atoms with Gasteiger partial charge in [0.15, 0.2) is 0 Å². The first kappa shape index (κ1) is 11.1. The predicted molar refractivity (Wildman–Crippen MR) is 57.3 cm³/mol. The lowest BCUT2D eigenvalue weighted by Gasteiger charge is -2.10. The predicted octanol–water partition coefficient (Wildman–Crippen LogP) is 4.14. The highest BCUT2D eigenvalue weighted by atomic mass is 32.1. The minimum Gasteiger partial charge on any atom is -0.242 e. The first-order chi connectivity index (χ1) is 7.48. The van der Waals surface area contributed by atoms with Gasteiger partial charge in [0, 0.05) is 10.9 Å². The van der Waals surface area contributed by atoms with E-state index in [1.807, 2.05) is 0 Å². The van der Waals surface area contributed by atoms with Gasteiger partial charge in [0.25, 0.3) is 0 Å². The lowest BCUT2D eigenvalue weighted by atomic mass is 10.1. The molecule has 0 atom stereocenters. The number of hydrogen-bond donors (Lipinski definition) is 0. The van der Waals surface area contributed by atoms with E-state index in [1.54, 1.807) is 18.4 Å². The summed E-state index contributed by atoms with van der Waals surface area (Å²) in [5.41, 5.74) is -0.116. The zero-order valence-corrected chi connectivity index (χ0v) is 9.19. The van der Waals surface area contributed by atoms with E-state index in [-0.39, 0.29) is 5.56 Å². The Morgan fingerprint density at radius 1 is 1.19 bits per heavy atom. The van der Waals surface area contributed by atoms with E-state index in [9.17, 15) is 13.2 Å². The molecule has 0 saturated carbocycles. The van der Waals surface area contributed by atoms with E-state index in [4.69, 9.17) is 0 Å². The van der Waals surface area contributed by atoms with Crippen molar-refractivity contribution < 1.29 is 13.2 Å². The molecule has 1 heterocycles. The van der Waals surface area contributed by atoms with Crippen molar-refractivity contribution in [3.8, 4) is 11.3 Å². The van der Waals surface area contributed by atoms with Crippen molar-refractivity contribution >= 4 is 11.3 Å². The number of alkyl halides is 3. The van der Waals surface area contributed by atoms with E-state index in [0.717, 1.165) is 11.1 Å². The van der Waals surface area contributed by atoms with Crippen molar-refractivity contribution in [1.82, 2.24) is 4.98 Å². The summed E-state index contributed by atoms with van der Waals surface area (Å²) >= 11 is 1.34. The number of halogens is 3. The average Bonchev–Trinajstić information content (AvgIpc) is 2.64. The molecule has 0 radical (unpaired) electrons. The van der Waals surface area contributed by atoms with Gasteiger partial charge in [-0.1, -0.05) is 18.2 Å². The molecule has 84 valence electrons. The van der Waals surface area contributed by atoms with Crippen molar-refractivity contribution in [2.45, 2.75) is 13.1 Å². The molecule has 1 aromatic carbocycles. The second kappa shape index (κ2) is 3.90. The van der Waals surface area contributed by atoms with Crippen LogP contribution in [0.3, 0.4) is 0 Å². The van der Waals surface area contributed by atoms with E-state index in [2.05, 4.69) is 4.98 Å². The summed E-state index contributed by atoms with van der Waals surface area (Å²) in [5.74, 6) is 0. The second-order valence-corrected chi connectivity index (χ2v) is 4.36. The standard InChI is InChI=1S/C11H8F3NS/c1-7-15-10(6-16-7)8-4-2-3-5-9(8)11(12,13)14/h2-6H,1H3. The third-order valence-electron chi connectivity index (χ3n) is 2.13. The molecule has 2 aromatic rings. The van der Waals surface area contributed by atoms with E-state index in [1.165, 1.54) is 23.5 Å². The number of nitrogens with zero attached hydrogens (tertiary/aromatic N) is 1. The highest BCUT2D eigenvalue weighted by Gasteiger charge is 2.33. The topological polar surface area (TPSA) is 12.9 Å². The van der Waals surface area contributed by atoms with Gasteiger partial charge >= 0.3 is 6.18 Å². The zero-order valence-electron chi connectivity index (χ0n) is 8.38. The second-order valence-electron chi connectivity index (χ2n) is 3.30. The fraction of sp³-hybridized carbons (Fsp3) is 0.182. The van der Waals surface area contributed by atoms with Gasteiger partial charge in [0.2, 0.25) is 0 Å². The fourth-order valence-electron chi connectivity index (χ4n) is 1.44. The third-order valence-corrected chi connectivity index (χ3v) is 2.90. The van der Waals surface area contributed by atoms with Gasteiger partial charge in [-0.25, -0.2) is 4.98 Å². The number of aryl methyl sites for hydroxylation is 1. The van der Waals surface area contributed by atoms with Crippen molar-refractivity contribution in [2.75, 3.05) is 0 Å². The van der Waals surface area contributed by atoms with Crippen LogP contribution in [0.4, 0.5) is 13.2 Å². The minimum absolute atomic E-state index is 0.138. The minimum atomic E-state index is -4.34. The maximum absolute atomic E-state index is 12.7. The van der Waals surface area contributed by atoms with Crippen molar-refractivity contribution in [1.29, 1.82) is 0 Å². The number of hydrogen-bond acceptors (Lipinski definition) is 2. The van der Waals surface area contributed by atoms with Crippen LogP contribution in [-0.2, 0) is 6.18 Å². The molecule has 16 heavy (non-hydrogen) atoms. The SMILES string of the molecule is Cc1nc(-c2ccccc2C(F)(F)F)cs1. The van der Waals surface area contributed by atoms with Crippen molar-refractivity contribution in [3.63, 3.8) is 0 Å². The Bertz CT molecular complexity index is 502. The number of aromatic nitrogens is 1. The molecule has 0 bridgehead atoms. The van der Waals surface area contributed by atoms with Crippen molar-refractivity contribution in [2.24, 2.45) is 0 Å². The first-order valence-corrected chi connectivity index (χ1v) is 5.45. The van der Waals surface area contributed by atoms with E-state index < -0.39 is 11.7 Å². The summed E-state index contributed by atoms with van der Waals surface area (Å²) in [7, 11) is 0. The van der Waals surface area contributed by atoms with Crippen LogP contribution in [0.25, 0.3) is 11.3 Å². The van der Waals surface area contributed by atoms with Gasteiger partial charge in [0.1, 0.15) is 0 Å². The first-order valence-electron chi connectivity index (χ1n) is 4.57. The Morgan fingerprint density at radius 2 is 1.88 bits per heavy atom. The molecule has 0 aliphatic rings. The summed E-state index contributed by atoms with van der Waals surface area (Å²) < 4.78 is 38.1. The van der Waals surface area contributed by atoms with Crippen LogP contribution in [0.1, 0.15) is 10.6 Å². The zero-order chi connectivity index (χ0) is 11.8. The summed E-state index contributed by atoms with van der Waals surface area (Å²) in [6.07, 6.45) is -4.34. The summed E-state index contributed by atoms with van der Waals surface area (Å²) in [4.78, 5) is 4.07. The molecule has 0 saturated heterocycles. The molecule has 1 aromatic heterocycles. The van der Waals surface area contributed by atoms with Crippen LogP contribution in [0.5, 0.6) is 0 Å². The fourth-order valence-corrected chi connectivity index (χ4v) is 2.05. The van der Waals surface area contributed by atoms with E-state index >= 15 is 0 Å². The Balaban J connectivity index is 2.57. The van der Waals surface area contributed by atoms with Gasteiger partial charge in [-0.3, -0.25) is 0 Å². The summed E-state index contributed by atoms with van der Waals surface area (Å²) in [6.45, 7) is 1.77. The molecule has 0 fully saturated rings. The highest BCUT2D eigenvalue weighted by Crippen LogP contribution is 2.36. The van der Waals surface area contributed by atoms with Gasteiger partial charge < -0.3 is 0 Å². The number of benzene rings is 1. The molecule has 0 unspecified atom stereocenters. The molecule has 2 rings (SSSR count). The van der Waals surface area contributed by atoms with Crippen LogP contribution in [0.2, 0.25) is 0 Å². The van der Waals surface area contributed by atoms with Crippen LogP contribution >= 0.6 is 11.3 Å². The molecule has 0 aliphatic heterocycles. The number of rotatable bonds is 1. The van der Waals surface area contributed by atoms with Crippen molar-refractivity contribution in [3.05, 3.63) is 40.2 Å². The maximum atomic E-state index is 12.7.